The summed E-state index contributed by atoms with van der Waals surface area (Å²) in [7, 11) is -2.73. The van der Waals surface area contributed by atoms with Gasteiger partial charge in [0.15, 0.2) is 5.13 Å². The van der Waals surface area contributed by atoms with Crippen LogP contribution in [0.1, 0.15) is 5.69 Å². The first-order valence-electron chi connectivity index (χ1n) is 4.10. The zero-order chi connectivity index (χ0) is 13.1. The van der Waals surface area contributed by atoms with Crippen molar-refractivity contribution in [2.24, 2.45) is 5.16 Å². The molecule has 1 aromatic rings. The summed E-state index contributed by atoms with van der Waals surface area (Å²) in [4.78, 5) is 19.7. The number of nitrogens with zero attached hydrogens (tertiary/aromatic N) is 2. The molecule has 0 spiro atoms. The van der Waals surface area contributed by atoms with Crippen LogP contribution in [0.25, 0.3) is 0 Å². The number of oxime groups is 1. The van der Waals surface area contributed by atoms with Gasteiger partial charge in [0.25, 0.3) is 0 Å². The smallest absolute Gasteiger partial charge is 0.378 e. The summed E-state index contributed by atoms with van der Waals surface area (Å²) in [5, 5.41) is 4.99. The van der Waals surface area contributed by atoms with Gasteiger partial charge in [-0.25, -0.2) is 9.78 Å². The van der Waals surface area contributed by atoms with Gasteiger partial charge in [-0.1, -0.05) is 5.16 Å². The van der Waals surface area contributed by atoms with Gasteiger partial charge in [0.05, 0.1) is 6.26 Å². The van der Waals surface area contributed by atoms with Gasteiger partial charge in [-0.05, 0) is 0 Å². The topological polar surface area (TPSA) is 121 Å². The second-order valence-corrected chi connectivity index (χ2v) is 5.23. The monoisotopic (exact) mass is 279 g/mol. The molecule has 1 heterocycles. The normalized spacial score (nSPS) is 12.2. The minimum atomic E-state index is -3.93. The number of hydrogen-bond donors (Lipinski definition) is 1. The van der Waals surface area contributed by atoms with Gasteiger partial charge in [0.1, 0.15) is 12.8 Å². The Morgan fingerprint density at radius 3 is 2.65 bits per heavy atom. The van der Waals surface area contributed by atoms with E-state index >= 15 is 0 Å². The number of nitrogen functional groups attached to an aromatic ring is 1. The zero-order valence-corrected chi connectivity index (χ0v) is 10.5. The molecule has 0 amide bonds. The zero-order valence-electron chi connectivity index (χ0n) is 8.91. The first-order chi connectivity index (χ1) is 7.83. The third-order valence-corrected chi connectivity index (χ3v) is 2.50. The van der Waals surface area contributed by atoms with Gasteiger partial charge < -0.3 is 14.8 Å². The van der Waals surface area contributed by atoms with Gasteiger partial charge in [-0.2, -0.15) is 8.42 Å². The molecular formula is C7H9N3O5S2. The maximum atomic E-state index is 11.5. The minimum Gasteiger partial charge on any atom is -0.398 e. The minimum absolute atomic E-state index is 0.0861. The lowest BCUT2D eigenvalue weighted by molar-refractivity contribution is -0.126. The van der Waals surface area contributed by atoms with Crippen LogP contribution in [0.3, 0.4) is 0 Å². The molecule has 0 radical (unpaired) electrons. The average molecular weight is 279 g/mol. The molecule has 0 aliphatic heterocycles. The molecule has 1 aromatic heterocycles. The summed E-state index contributed by atoms with van der Waals surface area (Å²) in [5.41, 5.74) is 5.10. The Kier molecular flexibility index (Phi) is 4.02. The van der Waals surface area contributed by atoms with Crippen LogP contribution in [0.15, 0.2) is 10.5 Å². The fraction of sp³-hybridized carbons (Fsp3) is 0.286. The second kappa shape index (κ2) is 5.10. The Morgan fingerprint density at radius 1 is 1.59 bits per heavy atom. The van der Waals surface area contributed by atoms with Crippen LogP contribution in [0.5, 0.6) is 0 Å². The van der Waals surface area contributed by atoms with Crippen molar-refractivity contribution in [3.63, 3.8) is 0 Å². The van der Waals surface area contributed by atoms with Crippen molar-refractivity contribution >= 4 is 38.3 Å². The number of carbonyl (C=O) groups excluding carboxylic acids is 1. The van der Waals surface area contributed by atoms with Crippen LogP contribution in [0.4, 0.5) is 5.13 Å². The van der Waals surface area contributed by atoms with E-state index in [1.54, 1.807) is 0 Å². The van der Waals surface area contributed by atoms with Crippen molar-refractivity contribution in [1.82, 2.24) is 4.98 Å². The predicted molar refractivity (Wildman–Crippen MR) is 61.0 cm³/mol. The van der Waals surface area contributed by atoms with Crippen molar-refractivity contribution in [2.45, 2.75) is 0 Å². The molecule has 1 rings (SSSR count). The fourth-order valence-electron chi connectivity index (χ4n) is 0.853. The number of thiazole rings is 1. The summed E-state index contributed by atoms with van der Waals surface area (Å²) in [6.45, 7) is 0. The standard InChI is InChI=1S/C7H9N3O5S2/c1-14-10-5(4-3-16-7(8)9-4)6(11)15-17(2,12)13/h3H,1-2H3,(H2,8,9)/b10-5-. The van der Waals surface area contributed by atoms with Gasteiger partial charge in [0, 0.05) is 5.38 Å². The number of anilines is 1. The SMILES string of the molecule is CO/N=C(\C(=O)OS(C)(=O)=O)c1csc(N)n1. The molecule has 0 bridgehead atoms. The maximum Gasteiger partial charge on any atom is 0.378 e. The number of rotatable bonds is 4. The largest absolute Gasteiger partial charge is 0.398 e. The molecule has 2 N–H and O–H groups in total. The van der Waals surface area contributed by atoms with E-state index in [0.717, 1.165) is 17.6 Å². The predicted octanol–water partition coefficient (Wildman–Crippen LogP) is -0.421. The lowest BCUT2D eigenvalue weighted by Crippen LogP contribution is -2.22. The van der Waals surface area contributed by atoms with E-state index in [-0.39, 0.29) is 16.5 Å². The molecule has 94 valence electrons. The Bertz CT molecular complexity index is 548. The fourth-order valence-corrected chi connectivity index (χ4v) is 1.75. The highest BCUT2D eigenvalue weighted by Crippen LogP contribution is 2.13. The Labute approximate surface area is 101 Å². The van der Waals surface area contributed by atoms with Crippen LogP contribution in [0, 0.1) is 0 Å². The average Bonchev–Trinajstić information content (AvgIpc) is 2.58. The Morgan fingerprint density at radius 2 is 2.24 bits per heavy atom. The van der Waals surface area contributed by atoms with E-state index in [1.807, 2.05) is 0 Å². The number of carbonyl (C=O) groups is 1. The first kappa shape index (κ1) is 13.4. The van der Waals surface area contributed by atoms with Crippen LogP contribution in [0.2, 0.25) is 0 Å². The van der Waals surface area contributed by atoms with E-state index in [4.69, 9.17) is 5.73 Å². The van der Waals surface area contributed by atoms with Crippen LogP contribution in [-0.4, -0.2) is 38.4 Å². The van der Waals surface area contributed by atoms with Crippen LogP contribution in [-0.2, 0) is 23.9 Å². The Balaban J connectivity index is 3.03. The van der Waals surface area contributed by atoms with Gasteiger partial charge in [-0.3, -0.25) is 0 Å². The molecule has 17 heavy (non-hydrogen) atoms. The van der Waals surface area contributed by atoms with Gasteiger partial charge >= 0.3 is 16.1 Å². The van der Waals surface area contributed by atoms with Crippen LogP contribution >= 0.6 is 11.3 Å². The van der Waals surface area contributed by atoms with Crippen molar-refractivity contribution in [2.75, 3.05) is 19.1 Å². The maximum absolute atomic E-state index is 11.5. The molecular weight excluding hydrogens is 270 g/mol. The third kappa shape index (κ3) is 4.00. The quantitative estimate of drug-likeness (QED) is 0.451. The molecule has 10 heteroatoms. The van der Waals surface area contributed by atoms with E-state index in [9.17, 15) is 13.2 Å². The number of aromatic nitrogens is 1. The second-order valence-electron chi connectivity index (χ2n) is 2.77. The summed E-state index contributed by atoms with van der Waals surface area (Å²) >= 11 is 1.07. The van der Waals surface area contributed by atoms with E-state index in [2.05, 4.69) is 19.2 Å². The first-order valence-corrected chi connectivity index (χ1v) is 6.79. The lowest BCUT2D eigenvalue weighted by atomic mass is 10.3. The molecule has 0 fully saturated rings. The summed E-state index contributed by atoms with van der Waals surface area (Å²) < 4.78 is 25.8. The van der Waals surface area contributed by atoms with Crippen molar-refractivity contribution in [3.05, 3.63) is 11.1 Å². The van der Waals surface area contributed by atoms with E-state index in [1.165, 1.54) is 12.5 Å². The molecule has 0 saturated carbocycles. The Hall–Kier alpha value is -1.68. The lowest BCUT2D eigenvalue weighted by Gasteiger charge is -2.01. The molecule has 8 nitrogen and oxygen atoms in total. The highest BCUT2D eigenvalue weighted by Gasteiger charge is 2.23. The van der Waals surface area contributed by atoms with Crippen molar-refractivity contribution in [1.29, 1.82) is 0 Å². The molecule has 0 aromatic carbocycles. The summed E-state index contributed by atoms with van der Waals surface area (Å²) in [6, 6.07) is 0. The summed E-state index contributed by atoms with van der Waals surface area (Å²) in [5.74, 6) is -1.18. The van der Waals surface area contributed by atoms with Gasteiger partial charge in [0.2, 0.25) is 5.71 Å². The van der Waals surface area contributed by atoms with Crippen LogP contribution < -0.4 is 5.73 Å². The molecule has 0 unspecified atom stereocenters. The van der Waals surface area contributed by atoms with Crippen molar-refractivity contribution < 1.29 is 22.2 Å². The van der Waals surface area contributed by atoms with Crippen molar-refractivity contribution in [3.8, 4) is 0 Å². The van der Waals surface area contributed by atoms with E-state index in [0.29, 0.717) is 0 Å². The molecule has 0 saturated heterocycles. The number of nitrogens with two attached hydrogens (primary N) is 1. The third-order valence-electron chi connectivity index (χ3n) is 1.37. The number of hydrogen-bond acceptors (Lipinski definition) is 9. The molecule has 0 aliphatic rings. The summed E-state index contributed by atoms with van der Waals surface area (Å²) in [6.07, 6.45) is 0.741. The highest BCUT2D eigenvalue weighted by molar-refractivity contribution is 7.86. The van der Waals surface area contributed by atoms with Gasteiger partial charge in [-0.15, -0.1) is 11.3 Å². The highest BCUT2D eigenvalue weighted by atomic mass is 32.2. The molecule has 0 atom stereocenters. The van der Waals surface area contributed by atoms with E-state index < -0.39 is 16.1 Å². The molecule has 0 aliphatic carbocycles.